The van der Waals surface area contributed by atoms with Crippen LogP contribution in [0, 0.1) is 0 Å². The van der Waals surface area contributed by atoms with Crippen molar-refractivity contribution in [1.82, 2.24) is 25.1 Å². The molecule has 0 amide bonds. The van der Waals surface area contributed by atoms with E-state index in [4.69, 9.17) is 21.7 Å². The van der Waals surface area contributed by atoms with E-state index in [1.54, 1.807) is 18.9 Å². The van der Waals surface area contributed by atoms with Crippen LogP contribution < -0.4 is 9.47 Å². The summed E-state index contributed by atoms with van der Waals surface area (Å²) in [7, 11) is 5.16. The van der Waals surface area contributed by atoms with Gasteiger partial charge < -0.3 is 14.4 Å². The lowest BCUT2D eigenvalue weighted by atomic mass is 10.1. The van der Waals surface area contributed by atoms with Crippen LogP contribution >= 0.6 is 12.2 Å². The summed E-state index contributed by atoms with van der Waals surface area (Å²) in [5.74, 6) is 2.36. The number of hydrogen-bond donors (Lipinski definition) is 0. The van der Waals surface area contributed by atoms with Crippen LogP contribution in [-0.4, -0.2) is 50.9 Å². The fourth-order valence-electron chi connectivity index (χ4n) is 3.41. The van der Waals surface area contributed by atoms with Crippen LogP contribution in [0.3, 0.4) is 0 Å². The third-order valence-corrected chi connectivity index (χ3v) is 5.65. The lowest BCUT2D eigenvalue weighted by molar-refractivity contribution is 0.354. The molecule has 0 saturated carbocycles. The standard InChI is InChI=1S/C23H29N5O2S/c1-27-22(24-25-26-27)10-7-11-23(31)28(17-19-8-5-4-6-9-19)15-14-18-12-13-20(29-2)21(16-18)30-3/h4-6,8-9,12-13,16H,7,10-11,14-15,17H2,1-3H3. The minimum atomic E-state index is 0.737. The van der Waals surface area contributed by atoms with E-state index >= 15 is 0 Å². The van der Waals surface area contributed by atoms with Crippen molar-refractivity contribution in [2.45, 2.75) is 32.2 Å². The number of rotatable bonds is 11. The number of nitrogens with zero attached hydrogens (tertiary/aromatic N) is 5. The number of hydrogen-bond acceptors (Lipinski definition) is 6. The Morgan fingerprint density at radius 2 is 1.77 bits per heavy atom. The van der Waals surface area contributed by atoms with Crippen LogP contribution in [0.15, 0.2) is 48.5 Å². The van der Waals surface area contributed by atoms with Crippen molar-refractivity contribution in [3.8, 4) is 11.5 Å². The Kier molecular flexibility index (Phi) is 8.35. The Hall–Kier alpha value is -3.00. The molecule has 0 fully saturated rings. The van der Waals surface area contributed by atoms with E-state index in [0.29, 0.717) is 0 Å². The summed E-state index contributed by atoms with van der Waals surface area (Å²) < 4.78 is 12.5. The highest BCUT2D eigenvalue weighted by atomic mass is 32.1. The molecule has 0 N–H and O–H groups in total. The summed E-state index contributed by atoms with van der Waals surface area (Å²) in [6.07, 6.45) is 3.40. The van der Waals surface area contributed by atoms with Crippen LogP contribution in [0.4, 0.5) is 0 Å². The van der Waals surface area contributed by atoms with Gasteiger partial charge in [-0.25, -0.2) is 4.68 Å². The van der Waals surface area contributed by atoms with Gasteiger partial charge in [0.15, 0.2) is 17.3 Å². The van der Waals surface area contributed by atoms with Gasteiger partial charge in [0.2, 0.25) is 0 Å². The average Bonchev–Trinajstić information content (AvgIpc) is 3.21. The van der Waals surface area contributed by atoms with Gasteiger partial charge in [-0.15, -0.1) is 5.10 Å². The lowest BCUT2D eigenvalue weighted by Gasteiger charge is -2.26. The number of methoxy groups -OCH3 is 2. The first-order chi connectivity index (χ1) is 15.1. The van der Waals surface area contributed by atoms with Crippen LogP contribution in [0.2, 0.25) is 0 Å². The molecule has 0 aliphatic rings. The molecule has 1 aromatic heterocycles. The van der Waals surface area contributed by atoms with Crippen molar-refractivity contribution in [3.63, 3.8) is 0 Å². The topological polar surface area (TPSA) is 65.3 Å². The molecule has 164 valence electrons. The van der Waals surface area contributed by atoms with Gasteiger partial charge in [-0.2, -0.15) is 0 Å². The number of benzene rings is 2. The molecule has 0 radical (unpaired) electrons. The second kappa shape index (κ2) is 11.4. The molecule has 3 rings (SSSR count). The second-order valence-electron chi connectivity index (χ2n) is 7.31. The molecule has 0 bridgehead atoms. The van der Waals surface area contributed by atoms with Gasteiger partial charge in [0.25, 0.3) is 0 Å². The molecule has 2 aromatic carbocycles. The molecule has 1 heterocycles. The number of thiocarbonyl (C=S) groups is 1. The average molecular weight is 440 g/mol. The zero-order valence-electron chi connectivity index (χ0n) is 18.3. The molecule has 0 unspecified atom stereocenters. The number of tetrazole rings is 1. The third-order valence-electron chi connectivity index (χ3n) is 5.19. The summed E-state index contributed by atoms with van der Waals surface area (Å²) in [5, 5.41) is 11.6. The lowest BCUT2D eigenvalue weighted by Crippen LogP contribution is -2.31. The zero-order valence-corrected chi connectivity index (χ0v) is 19.1. The fraction of sp³-hybridized carbons (Fsp3) is 0.391. The second-order valence-corrected chi connectivity index (χ2v) is 7.78. The third kappa shape index (κ3) is 6.49. The molecular formula is C23H29N5O2S. The normalized spacial score (nSPS) is 10.7. The van der Waals surface area contributed by atoms with E-state index in [9.17, 15) is 0 Å². The minimum Gasteiger partial charge on any atom is -0.493 e. The van der Waals surface area contributed by atoms with Crippen LogP contribution in [0.5, 0.6) is 11.5 Å². The molecular weight excluding hydrogens is 410 g/mol. The van der Waals surface area contributed by atoms with Crippen molar-refractivity contribution in [1.29, 1.82) is 0 Å². The van der Waals surface area contributed by atoms with E-state index in [1.807, 2.05) is 25.2 Å². The van der Waals surface area contributed by atoms with Crippen molar-refractivity contribution < 1.29 is 9.47 Å². The summed E-state index contributed by atoms with van der Waals surface area (Å²) in [6.45, 7) is 1.62. The highest BCUT2D eigenvalue weighted by Crippen LogP contribution is 2.27. The molecule has 7 nitrogen and oxygen atoms in total. The zero-order chi connectivity index (χ0) is 22.1. The van der Waals surface area contributed by atoms with Crippen molar-refractivity contribution in [2.24, 2.45) is 7.05 Å². The van der Waals surface area contributed by atoms with Crippen LogP contribution in [-0.2, 0) is 26.4 Å². The number of ether oxygens (including phenoxy) is 2. The van der Waals surface area contributed by atoms with E-state index in [0.717, 1.165) is 61.1 Å². The highest BCUT2D eigenvalue weighted by Gasteiger charge is 2.13. The Morgan fingerprint density at radius 1 is 1.00 bits per heavy atom. The molecule has 0 atom stereocenters. The predicted octanol–water partition coefficient (Wildman–Crippen LogP) is 3.62. The Morgan fingerprint density at radius 3 is 2.45 bits per heavy atom. The maximum Gasteiger partial charge on any atom is 0.160 e. The van der Waals surface area contributed by atoms with E-state index < -0.39 is 0 Å². The largest absolute Gasteiger partial charge is 0.493 e. The first-order valence-electron chi connectivity index (χ1n) is 10.3. The molecule has 0 aliphatic carbocycles. The van der Waals surface area contributed by atoms with Crippen LogP contribution in [0.1, 0.15) is 29.8 Å². The quantitative estimate of drug-likeness (QED) is 0.423. The Labute approximate surface area is 189 Å². The fourth-order valence-corrected chi connectivity index (χ4v) is 3.71. The monoisotopic (exact) mass is 439 g/mol. The number of aromatic nitrogens is 4. The summed E-state index contributed by atoms with van der Waals surface area (Å²) in [4.78, 5) is 3.25. The first-order valence-corrected chi connectivity index (χ1v) is 10.8. The van der Waals surface area contributed by atoms with Gasteiger partial charge >= 0.3 is 0 Å². The van der Waals surface area contributed by atoms with E-state index in [2.05, 4.69) is 50.8 Å². The summed E-state index contributed by atoms with van der Waals surface area (Å²) in [5.41, 5.74) is 2.43. The maximum absolute atomic E-state index is 5.83. The van der Waals surface area contributed by atoms with Gasteiger partial charge in [-0.3, -0.25) is 0 Å². The molecule has 0 aliphatic heterocycles. The van der Waals surface area contributed by atoms with Crippen molar-refractivity contribution >= 4 is 17.2 Å². The molecule has 0 saturated heterocycles. The molecule has 8 heteroatoms. The van der Waals surface area contributed by atoms with Gasteiger partial charge in [-0.1, -0.05) is 48.6 Å². The van der Waals surface area contributed by atoms with Gasteiger partial charge in [0, 0.05) is 26.6 Å². The minimum absolute atomic E-state index is 0.737. The SMILES string of the molecule is COc1ccc(CCN(Cc2ccccc2)C(=S)CCCc2nnnn2C)cc1OC. The summed E-state index contributed by atoms with van der Waals surface area (Å²) >= 11 is 5.83. The van der Waals surface area contributed by atoms with Crippen molar-refractivity contribution in [3.05, 3.63) is 65.5 Å². The Balaban J connectivity index is 1.64. The molecule has 0 spiro atoms. The van der Waals surface area contributed by atoms with Crippen LogP contribution in [0.25, 0.3) is 0 Å². The smallest absolute Gasteiger partial charge is 0.160 e. The molecule has 3 aromatic rings. The number of aryl methyl sites for hydroxylation is 2. The Bertz CT molecular complexity index is 977. The van der Waals surface area contributed by atoms with Crippen molar-refractivity contribution in [2.75, 3.05) is 20.8 Å². The predicted molar refractivity (Wildman–Crippen MR) is 124 cm³/mol. The van der Waals surface area contributed by atoms with E-state index in [1.165, 1.54) is 11.1 Å². The van der Waals surface area contributed by atoms with Gasteiger partial charge in [0.1, 0.15) is 0 Å². The maximum atomic E-state index is 5.83. The van der Waals surface area contributed by atoms with Gasteiger partial charge in [-0.05, 0) is 52.9 Å². The summed E-state index contributed by atoms with van der Waals surface area (Å²) in [6, 6.07) is 16.5. The first kappa shape index (κ1) is 22.7. The molecule has 31 heavy (non-hydrogen) atoms. The van der Waals surface area contributed by atoms with Gasteiger partial charge in [0.05, 0.1) is 19.2 Å². The highest BCUT2D eigenvalue weighted by molar-refractivity contribution is 7.80. The van der Waals surface area contributed by atoms with E-state index in [-0.39, 0.29) is 0 Å².